The van der Waals surface area contributed by atoms with Gasteiger partial charge in [-0.2, -0.15) is 5.10 Å². The van der Waals surface area contributed by atoms with Crippen molar-refractivity contribution in [2.45, 2.75) is 20.3 Å². The number of nitrogens with one attached hydrogen (secondary N) is 2. The van der Waals surface area contributed by atoms with E-state index in [1.807, 2.05) is 6.92 Å². The first kappa shape index (κ1) is 17.6. The molecule has 0 unspecified atom stereocenters. The van der Waals surface area contributed by atoms with Crippen LogP contribution in [0.15, 0.2) is 47.8 Å². The fraction of sp³-hybridized carbons (Fsp3) is 0.176. The summed E-state index contributed by atoms with van der Waals surface area (Å²) in [7, 11) is 0. The Labute approximate surface area is 144 Å². The molecule has 0 aliphatic heterocycles. The van der Waals surface area contributed by atoms with Gasteiger partial charge in [0.2, 0.25) is 5.91 Å². The van der Waals surface area contributed by atoms with Crippen molar-refractivity contribution in [3.05, 3.63) is 58.9 Å². The van der Waals surface area contributed by atoms with Gasteiger partial charge < -0.3 is 5.32 Å². The van der Waals surface area contributed by atoms with Crippen LogP contribution in [0.4, 0.5) is 5.69 Å². The van der Waals surface area contributed by atoms with Crippen LogP contribution in [-0.4, -0.2) is 22.5 Å². The molecule has 124 valence electrons. The average molecular weight is 345 g/mol. The van der Waals surface area contributed by atoms with Crippen molar-refractivity contribution in [3.63, 3.8) is 0 Å². The summed E-state index contributed by atoms with van der Waals surface area (Å²) in [6.07, 6.45) is 3.07. The number of amides is 2. The number of hydrogen-bond acceptors (Lipinski definition) is 4. The van der Waals surface area contributed by atoms with E-state index in [9.17, 15) is 9.59 Å². The van der Waals surface area contributed by atoms with Crippen molar-refractivity contribution in [2.75, 3.05) is 5.32 Å². The molecule has 1 aromatic heterocycles. The van der Waals surface area contributed by atoms with E-state index in [1.54, 1.807) is 43.5 Å². The van der Waals surface area contributed by atoms with Gasteiger partial charge in [0.1, 0.15) is 0 Å². The monoisotopic (exact) mass is 344 g/mol. The molecule has 24 heavy (non-hydrogen) atoms. The summed E-state index contributed by atoms with van der Waals surface area (Å²) in [5, 5.41) is 7.28. The topological polar surface area (TPSA) is 83.5 Å². The third-order valence-corrected chi connectivity index (χ3v) is 3.64. The van der Waals surface area contributed by atoms with Crippen LogP contribution in [0.3, 0.4) is 0 Å². The van der Waals surface area contributed by atoms with E-state index < -0.39 is 0 Å². The van der Waals surface area contributed by atoms with E-state index >= 15 is 0 Å². The van der Waals surface area contributed by atoms with Crippen molar-refractivity contribution in [2.24, 2.45) is 5.10 Å². The molecule has 0 saturated carbocycles. The minimum atomic E-state index is -0.381. The number of carbonyl (C=O) groups is 2. The number of benzene rings is 1. The zero-order chi connectivity index (χ0) is 17.5. The smallest absolute Gasteiger partial charge is 0.272 e. The second-order valence-corrected chi connectivity index (χ2v) is 5.57. The van der Waals surface area contributed by atoms with Crippen LogP contribution in [0.2, 0.25) is 5.02 Å². The normalized spacial score (nSPS) is 11.0. The molecule has 2 rings (SSSR count). The van der Waals surface area contributed by atoms with Crippen LogP contribution in [0.5, 0.6) is 0 Å². The summed E-state index contributed by atoms with van der Waals surface area (Å²) in [5.41, 5.74) is 4.72. The minimum absolute atomic E-state index is 0.0548. The quantitative estimate of drug-likeness (QED) is 0.645. The summed E-state index contributed by atoms with van der Waals surface area (Å²) in [4.78, 5) is 27.7. The first-order chi connectivity index (χ1) is 11.5. The highest BCUT2D eigenvalue weighted by atomic mass is 35.5. The highest BCUT2D eigenvalue weighted by Crippen LogP contribution is 2.22. The number of nitrogens with zero attached hydrogens (tertiary/aromatic N) is 2. The first-order valence-electron chi connectivity index (χ1n) is 7.26. The second kappa shape index (κ2) is 8.21. The van der Waals surface area contributed by atoms with Gasteiger partial charge in [0.05, 0.1) is 12.0 Å². The molecule has 7 heteroatoms. The van der Waals surface area contributed by atoms with E-state index in [2.05, 4.69) is 20.8 Å². The zero-order valence-corrected chi connectivity index (χ0v) is 14.1. The van der Waals surface area contributed by atoms with Gasteiger partial charge in [-0.3, -0.25) is 14.6 Å². The highest BCUT2D eigenvalue weighted by molar-refractivity contribution is 6.31. The molecule has 6 nitrogen and oxygen atoms in total. The van der Waals surface area contributed by atoms with Gasteiger partial charge in [-0.1, -0.05) is 17.7 Å². The molecule has 0 aliphatic carbocycles. The Morgan fingerprint density at radius 1 is 1.25 bits per heavy atom. The van der Waals surface area contributed by atoms with Crippen LogP contribution in [-0.2, 0) is 4.79 Å². The second-order valence-electron chi connectivity index (χ2n) is 5.17. The van der Waals surface area contributed by atoms with Crippen LogP contribution in [0.25, 0.3) is 0 Å². The number of halogens is 1. The third kappa shape index (κ3) is 4.89. The van der Waals surface area contributed by atoms with E-state index in [0.717, 1.165) is 5.56 Å². The Morgan fingerprint density at radius 2 is 2.04 bits per heavy atom. The van der Waals surface area contributed by atoms with Gasteiger partial charge in [0, 0.05) is 28.8 Å². The molecule has 0 radical (unpaired) electrons. The molecule has 0 atom stereocenters. The number of anilines is 1. The Morgan fingerprint density at radius 3 is 2.75 bits per heavy atom. The Bertz CT molecular complexity index is 775. The Balaban J connectivity index is 1.91. The van der Waals surface area contributed by atoms with Gasteiger partial charge in [-0.15, -0.1) is 0 Å². The lowest BCUT2D eigenvalue weighted by Crippen LogP contribution is -2.21. The first-order valence-corrected chi connectivity index (χ1v) is 7.63. The number of aromatic nitrogens is 1. The maximum Gasteiger partial charge on any atom is 0.272 e. The zero-order valence-electron chi connectivity index (χ0n) is 13.3. The van der Waals surface area contributed by atoms with Crippen molar-refractivity contribution < 1.29 is 9.59 Å². The van der Waals surface area contributed by atoms with Crippen molar-refractivity contribution in [1.82, 2.24) is 10.4 Å². The van der Waals surface area contributed by atoms with E-state index in [1.165, 1.54) is 6.20 Å². The van der Waals surface area contributed by atoms with Gasteiger partial charge in [0.25, 0.3) is 5.91 Å². The van der Waals surface area contributed by atoms with Gasteiger partial charge in [0.15, 0.2) is 0 Å². The lowest BCUT2D eigenvalue weighted by atomic mass is 10.2. The van der Waals surface area contributed by atoms with E-state index in [-0.39, 0.29) is 18.2 Å². The molecule has 0 aliphatic rings. The number of hydrogen-bond donors (Lipinski definition) is 2. The molecular formula is C17H17ClN4O2. The van der Waals surface area contributed by atoms with Gasteiger partial charge in [-0.25, -0.2) is 5.43 Å². The van der Waals surface area contributed by atoms with E-state index in [4.69, 9.17) is 11.6 Å². The Kier molecular flexibility index (Phi) is 6.03. The summed E-state index contributed by atoms with van der Waals surface area (Å²) in [6, 6.07) is 8.58. The average Bonchev–Trinajstić information content (AvgIpc) is 2.57. The summed E-state index contributed by atoms with van der Waals surface area (Å²) >= 11 is 6.02. The molecule has 0 bridgehead atoms. The summed E-state index contributed by atoms with van der Waals surface area (Å²) in [5.74, 6) is -0.620. The predicted molar refractivity (Wildman–Crippen MR) is 94.2 cm³/mol. The van der Waals surface area contributed by atoms with Crippen molar-refractivity contribution in [3.8, 4) is 0 Å². The predicted octanol–water partition coefficient (Wildman–Crippen LogP) is 3.18. The standard InChI is InChI=1S/C17H17ClN4O2/c1-11(21-22-17(24)13-5-4-8-19-10-13)9-16(23)20-15-7-3-6-14(18)12(15)2/h3-8,10H,9H2,1-2H3,(H,20,23)(H,22,24)/b21-11+. The molecule has 2 N–H and O–H groups in total. The van der Waals surface area contributed by atoms with Crippen LogP contribution in [0.1, 0.15) is 29.3 Å². The summed E-state index contributed by atoms with van der Waals surface area (Å²) in [6.45, 7) is 3.49. The maximum absolute atomic E-state index is 12.0. The molecule has 0 fully saturated rings. The number of carbonyl (C=O) groups excluding carboxylic acids is 2. The van der Waals surface area contributed by atoms with Crippen LogP contribution < -0.4 is 10.7 Å². The van der Waals surface area contributed by atoms with Crippen molar-refractivity contribution in [1.29, 1.82) is 0 Å². The van der Waals surface area contributed by atoms with Crippen LogP contribution >= 0.6 is 11.6 Å². The lowest BCUT2D eigenvalue weighted by Gasteiger charge is -2.09. The maximum atomic E-state index is 12.0. The van der Waals surface area contributed by atoms with Crippen LogP contribution in [0, 0.1) is 6.92 Å². The van der Waals surface area contributed by atoms with Gasteiger partial charge in [-0.05, 0) is 43.7 Å². The van der Waals surface area contributed by atoms with Crippen molar-refractivity contribution >= 4 is 34.8 Å². The highest BCUT2D eigenvalue weighted by Gasteiger charge is 2.09. The molecular weight excluding hydrogens is 328 g/mol. The largest absolute Gasteiger partial charge is 0.325 e. The number of hydrazone groups is 1. The minimum Gasteiger partial charge on any atom is -0.325 e. The fourth-order valence-corrected chi connectivity index (χ4v) is 2.09. The van der Waals surface area contributed by atoms with Gasteiger partial charge >= 0.3 is 0 Å². The molecule has 0 saturated heterocycles. The number of rotatable bonds is 5. The molecule has 1 heterocycles. The lowest BCUT2D eigenvalue weighted by molar-refractivity contribution is -0.115. The summed E-state index contributed by atoms with van der Waals surface area (Å²) < 4.78 is 0. The molecule has 1 aromatic carbocycles. The number of pyridine rings is 1. The SMILES string of the molecule is C/C(CC(=O)Nc1cccc(Cl)c1C)=N\NC(=O)c1cccnc1. The molecule has 2 aromatic rings. The third-order valence-electron chi connectivity index (χ3n) is 3.23. The Hall–Kier alpha value is -2.73. The fourth-order valence-electron chi connectivity index (χ4n) is 1.92. The van der Waals surface area contributed by atoms with E-state index in [0.29, 0.717) is 22.0 Å². The molecule has 2 amide bonds. The molecule has 0 spiro atoms.